The van der Waals surface area contributed by atoms with Gasteiger partial charge in [0.1, 0.15) is 11.5 Å². The van der Waals surface area contributed by atoms with Crippen molar-refractivity contribution in [3.05, 3.63) is 75.7 Å². The van der Waals surface area contributed by atoms with Crippen LogP contribution in [0.25, 0.3) is 11.0 Å². The van der Waals surface area contributed by atoms with Crippen LogP contribution in [0.1, 0.15) is 43.2 Å². The van der Waals surface area contributed by atoms with Crippen molar-refractivity contribution in [2.24, 2.45) is 23.9 Å². The summed E-state index contributed by atoms with van der Waals surface area (Å²) in [6.45, 7) is 3.38. The molecule has 0 unspecified atom stereocenters. The Morgan fingerprint density at radius 3 is 2.51 bits per heavy atom. The molecule has 1 aliphatic carbocycles. The number of Topliss-reactive ketones (excluding diaryl/α,β-unsaturated/α-hetero) is 1. The quantitative estimate of drug-likeness (QED) is 0.495. The molecule has 35 heavy (non-hydrogen) atoms. The zero-order valence-corrected chi connectivity index (χ0v) is 20.8. The van der Waals surface area contributed by atoms with E-state index >= 15 is 0 Å². The molecule has 6 heteroatoms. The summed E-state index contributed by atoms with van der Waals surface area (Å²) in [5.41, 5.74) is 6.26. The summed E-state index contributed by atoms with van der Waals surface area (Å²) >= 11 is 0. The van der Waals surface area contributed by atoms with E-state index in [9.17, 15) is 9.59 Å². The number of fused-ring (bicyclic) bond motifs is 1. The number of ketones is 1. The predicted molar refractivity (Wildman–Crippen MR) is 139 cm³/mol. The van der Waals surface area contributed by atoms with E-state index in [1.807, 2.05) is 29.8 Å². The van der Waals surface area contributed by atoms with E-state index in [0.717, 1.165) is 59.3 Å². The van der Waals surface area contributed by atoms with Crippen LogP contribution in [0.4, 0.5) is 0 Å². The summed E-state index contributed by atoms with van der Waals surface area (Å²) in [5.74, 6) is 1.60. The van der Waals surface area contributed by atoms with Crippen LogP contribution in [0.5, 0.6) is 5.75 Å². The van der Waals surface area contributed by atoms with Gasteiger partial charge in [0.2, 0.25) is 0 Å². The molecule has 6 nitrogen and oxygen atoms in total. The fourth-order valence-corrected chi connectivity index (χ4v) is 5.46. The maximum absolute atomic E-state index is 13.0. The second-order valence-corrected chi connectivity index (χ2v) is 10.0. The van der Waals surface area contributed by atoms with E-state index in [-0.39, 0.29) is 11.6 Å². The SMILES string of the molecule is COc1ccc2c(c1)n(CC1CCC(C(=O)CC3=CC(c4ccc(C)cc4)=NC3)CC1)c(=O)n2C. The van der Waals surface area contributed by atoms with Gasteiger partial charge < -0.3 is 4.74 Å². The lowest BCUT2D eigenvalue weighted by Crippen LogP contribution is -2.29. The van der Waals surface area contributed by atoms with Gasteiger partial charge in [-0.25, -0.2) is 4.79 Å². The highest BCUT2D eigenvalue weighted by molar-refractivity contribution is 6.11. The third-order valence-corrected chi connectivity index (χ3v) is 7.64. The molecule has 3 aromatic rings. The first-order valence-corrected chi connectivity index (χ1v) is 12.5. The zero-order valence-electron chi connectivity index (χ0n) is 20.8. The average Bonchev–Trinajstić information content (AvgIpc) is 3.43. The van der Waals surface area contributed by atoms with Crippen molar-refractivity contribution in [1.82, 2.24) is 9.13 Å². The van der Waals surface area contributed by atoms with E-state index in [4.69, 9.17) is 4.74 Å². The Labute approximate surface area is 205 Å². The summed E-state index contributed by atoms with van der Waals surface area (Å²) < 4.78 is 8.95. The number of benzene rings is 2. The van der Waals surface area contributed by atoms with Crippen molar-refractivity contribution in [3.63, 3.8) is 0 Å². The van der Waals surface area contributed by atoms with Gasteiger partial charge in [-0.2, -0.15) is 0 Å². The Hall–Kier alpha value is -3.41. The van der Waals surface area contributed by atoms with Gasteiger partial charge in [-0.1, -0.05) is 29.8 Å². The normalized spacial score (nSPS) is 20.1. The minimum Gasteiger partial charge on any atom is -0.497 e. The van der Waals surface area contributed by atoms with Gasteiger partial charge in [-0.05, 0) is 67.9 Å². The predicted octanol–water partition coefficient (Wildman–Crippen LogP) is 4.85. The maximum Gasteiger partial charge on any atom is 0.328 e. The number of methoxy groups -OCH3 is 1. The Kier molecular flexibility index (Phi) is 6.46. The lowest BCUT2D eigenvalue weighted by molar-refractivity contribution is -0.123. The number of imidazole rings is 1. The summed E-state index contributed by atoms with van der Waals surface area (Å²) in [4.78, 5) is 30.6. The van der Waals surface area contributed by atoms with Crippen molar-refractivity contribution in [3.8, 4) is 5.75 Å². The molecular weight excluding hydrogens is 438 g/mol. The van der Waals surface area contributed by atoms with Crippen molar-refractivity contribution >= 4 is 22.5 Å². The first-order chi connectivity index (χ1) is 16.9. The number of carbonyl (C=O) groups excluding carboxylic acids is 1. The summed E-state index contributed by atoms with van der Waals surface area (Å²) in [7, 11) is 3.46. The number of ether oxygens (including phenoxy) is 1. The fourth-order valence-electron chi connectivity index (χ4n) is 5.46. The van der Waals surface area contributed by atoms with Crippen LogP contribution < -0.4 is 10.4 Å². The van der Waals surface area contributed by atoms with Gasteiger partial charge >= 0.3 is 5.69 Å². The van der Waals surface area contributed by atoms with Crippen LogP contribution in [0, 0.1) is 18.8 Å². The van der Waals surface area contributed by atoms with Crippen LogP contribution in [0.15, 0.2) is 63.9 Å². The highest BCUT2D eigenvalue weighted by Crippen LogP contribution is 2.33. The zero-order chi connectivity index (χ0) is 24.5. The van der Waals surface area contributed by atoms with Crippen molar-refractivity contribution in [1.29, 1.82) is 0 Å². The second kappa shape index (κ2) is 9.68. The second-order valence-electron chi connectivity index (χ2n) is 10.0. The highest BCUT2D eigenvalue weighted by atomic mass is 16.5. The van der Waals surface area contributed by atoms with Gasteiger partial charge in [0.05, 0.1) is 30.4 Å². The average molecular weight is 472 g/mol. The fraction of sp³-hybridized carbons (Fsp3) is 0.414. The number of nitrogens with zero attached hydrogens (tertiary/aromatic N) is 3. The molecule has 1 aliphatic heterocycles. The molecular formula is C29H33N3O3. The number of aromatic nitrogens is 2. The maximum atomic E-state index is 13.0. The molecule has 1 saturated carbocycles. The van der Waals surface area contributed by atoms with E-state index in [0.29, 0.717) is 31.2 Å². The van der Waals surface area contributed by atoms with Gasteiger partial charge in [0, 0.05) is 32.0 Å². The highest BCUT2D eigenvalue weighted by Gasteiger charge is 2.28. The largest absolute Gasteiger partial charge is 0.497 e. The number of aryl methyl sites for hydroxylation is 2. The van der Waals surface area contributed by atoms with Gasteiger partial charge in [0.25, 0.3) is 0 Å². The molecule has 1 fully saturated rings. The smallest absolute Gasteiger partial charge is 0.328 e. The Morgan fingerprint density at radius 2 is 1.80 bits per heavy atom. The molecule has 0 radical (unpaired) electrons. The molecule has 2 aliphatic rings. The standard InChI is InChI=1S/C29H33N3O3/c1-19-4-8-22(9-5-19)25-14-21(17-30-25)15-28(33)23-10-6-20(7-11-23)18-32-27-16-24(35-3)12-13-26(27)31(2)29(32)34/h4-5,8-9,12-14,16,20,23H,6-7,10-11,15,17-18H2,1-3H3. The molecule has 0 N–H and O–H groups in total. The number of hydrogen-bond donors (Lipinski definition) is 0. The van der Waals surface area contributed by atoms with Crippen molar-refractivity contribution < 1.29 is 9.53 Å². The number of carbonyl (C=O) groups is 1. The summed E-state index contributed by atoms with van der Waals surface area (Å²) in [5, 5.41) is 0. The number of aliphatic imine (C=N–C) groups is 1. The molecule has 0 amide bonds. The van der Waals surface area contributed by atoms with Crippen LogP contribution >= 0.6 is 0 Å². The summed E-state index contributed by atoms with van der Waals surface area (Å²) in [6.07, 6.45) is 6.31. The van der Waals surface area contributed by atoms with Crippen LogP contribution in [-0.2, 0) is 18.4 Å². The molecule has 0 spiro atoms. The molecule has 5 rings (SSSR count). The molecule has 0 atom stereocenters. The topological polar surface area (TPSA) is 65.6 Å². The van der Waals surface area contributed by atoms with E-state index in [1.165, 1.54) is 5.56 Å². The minimum atomic E-state index is 0.00371. The van der Waals surface area contributed by atoms with Crippen LogP contribution in [0.3, 0.4) is 0 Å². The number of rotatable bonds is 7. The van der Waals surface area contributed by atoms with Crippen molar-refractivity contribution in [2.45, 2.75) is 45.6 Å². The third kappa shape index (κ3) is 4.75. The molecule has 1 aromatic heterocycles. The van der Waals surface area contributed by atoms with E-state index < -0.39 is 0 Å². The monoisotopic (exact) mass is 471 g/mol. The van der Waals surface area contributed by atoms with E-state index in [2.05, 4.69) is 42.3 Å². The first kappa shape index (κ1) is 23.3. The third-order valence-electron chi connectivity index (χ3n) is 7.64. The van der Waals surface area contributed by atoms with Crippen LogP contribution in [0.2, 0.25) is 0 Å². The van der Waals surface area contributed by atoms with Crippen molar-refractivity contribution in [2.75, 3.05) is 13.7 Å². The Bertz CT molecular complexity index is 1370. The van der Waals surface area contributed by atoms with Gasteiger partial charge in [0.15, 0.2) is 0 Å². The molecule has 2 aromatic carbocycles. The molecule has 0 bridgehead atoms. The lowest BCUT2D eigenvalue weighted by Gasteiger charge is -2.28. The lowest BCUT2D eigenvalue weighted by atomic mass is 9.78. The number of allylic oxidation sites excluding steroid dienone is 1. The Morgan fingerprint density at radius 1 is 1.06 bits per heavy atom. The molecule has 182 valence electrons. The first-order valence-electron chi connectivity index (χ1n) is 12.5. The molecule has 0 saturated heterocycles. The summed E-state index contributed by atoms with van der Waals surface area (Å²) in [6, 6.07) is 14.1. The van der Waals surface area contributed by atoms with E-state index in [1.54, 1.807) is 11.7 Å². The number of hydrogen-bond acceptors (Lipinski definition) is 4. The van der Waals surface area contributed by atoms with Gasteiger partial charge in [-0.15, -0.1) is 0 Å². The minimum absolute atomic E-state index is 0.00371. The van der Waals surface area contributed by atoms with Crippen LogP contribution in [-0.4, -0.2) is 34.3 Å². The van der Waals surface area contributed by atoms with Gasteiger partial charge in [-0.3, -0.25) is 18.9 Å². The Balaban J connectivity index is 1.19. The molecule has 2 heterocycles.